The van der Waals surface area contributed by atoms with Crippen LogP contribution in [-0.2, 0) is 9.53 Å². The average molecular weight is 487 g/mol. The van der Waals surface area contributed by atoms with Crippen molar-refractivity contribution >= 4 is 51.7 Å². The Balaban J connectivity index is 1.68. The molecule has 0 radical (unpaired) electrons. The average Bonchev–Trinajstić information content (AvgIpc) is 3.09. The Morgan fingerprint density at radius 1 is 1.18 bits per heavy atom. The van der Waals surface area contributed by atoms with E-state index in [1.54, 1.807) is 21.6 Å². The van der Waals surface area contributed by atoms with Crippen LogP contribution in [0.1, 0.15) is 50.2 Å². The smallest absolute Gasteiger partial charge is 0.267 e. The van der Waals surface area contributed by atoms with E-state index in [9.17, 15) is 9.59 Å². The number of carbonyl (C=O) groups is 1. The van der Waals surface area contributed by atoms with Gasteiger partial charge in [-0.1, -0.05) is 62.7 Å². The van der Waals surface area contributed by atoms with Gasteiger partial charge in [-0.05, 0) is 31.1 Å². The second-order valence-corrected chi connectivity index (χ2v) is 10.1. The lowest BCUT2D eigenvalue weighted by Crippen LogP contribution is -2.38. The van der Waals surface area contributed by atoms with E-state index in [1.807, 2.05) is 19.1 Å². The summed E-state index contributed by atoms with van der Waals surface area (Å²) in [6.45, 7) is 7.20. The molecule has 0 unspecified atom stereocenters. The van der Waals surface area contributed by atoms with Crippen LogP contribution in [0.3, 0.4) is 0 Å². The lowest BCUT2D eigenvalue weighted by Gasteiger charge is -2.29. The van der Waals surface area contributed by atoms with Crippen molar-refractivity contribution in [2.45, 2.75) is 46.0 Å². The SMILES string of the molecule is CCCCCCCN1C(=O)/C(=C\c2c(N3CCOCC3)nc3c(C)cccn3c2=O)SC1=S. The van der Waals surface area contributed by atoms with Crippen molar-refractivity contribution in [3.8, 4) is 0 Å². The van der Waals surface area contributed by atoms with E-state index < -0.39 is 0 Å². The Morgan fingerprint density at radius 3 is 2.70 bits per heavy atom. The summed E-state index contributed by atoms with van der Waals surface area (Å²) in [7, 11) is 0. The topological polar surface area (TPSA) is 67.2 Å². The highest BCUT2D eigenvalue weighted by Gasteiger charge is 2.32. The van der Waals surface area contributed by atoms with Gasteiger partial charge in [-0.25, -0.2) is 4.98 Å². The molecule has 2 aliphatic rings. The van der Waals surface area contributed by atoms with E-state index >= 15 is 0 Å². The largest absolute Gasteiger partial charge is 0.378 e. The number of rotatable bonds is 8. The number of nitrogens with zero attached hydrogens (tertiary/aromatic N) is 4. The number of pyridine rings is 1. The van der Waals surface area contributed by atoms with Crippen LogP contribution in [0.15, 0.2) is 28.0 Å². The number of anilines is 1. The highest BCUT2D eigenvalue weighted by Crippen LogP contribution is 2.34. The molecule has 4 rings (SSSR count). The Morgan fingerprint density at radius 2 is 1.94 bits per heavy atom. The van der Waals surface area contributed by atoms with Gasteiger partial charge in [0.2, 0.25) is 0 Å². The molecule has 0 spiro atoms. The fourth-order valence-corrected chi connectivity index (χ4v) is 5.43. The van der Waals surface area contributed by atoms with Gasteiger partial charge in [0.1, 0.15) is 15.8 Å². The minimum Gasteiger partial charge on any atom is -0.378 e. The van der Waals surface area contributed by atoms with E-state index in [-0.39, 0.29) is 11.5 Å². The summed E-state index contributed by atoms with van der Waals surface area (Å²) in [5.41, 5.74) is 1.78. The van der Waals surface area contributed by atoms with Gasteiger partial charge in [0.05, 0.1) is 23.7 Å². The van der Waals surface area contributed by atoms with E-state index in [0.717, 1.165) is 18.4 Å². The summed E-state index contributed by atoms with van der Waals surface area (Å²) in [6.07, 6.45) is 8.98. The second kappa shape index (κ2) is 10.8. The number of hydrogen-bond acceptors (Lipinski definition) is 7. The zero-order valence-corrected chi connectivity index (χ0v) is 20.8. The Kier molecular flexibility index (Phi) is 7.82. The summed E-state index contributed by atoms with van der Waals surface area (Å²) in [6, 6.07) is 3.78. The molecule has 7 nitrogen and oxygen atoms in total. The third kappa shape index (κ3) is 5.15. The van der Waals surface area contributed by atoms with Gasteiger partial charge < -0.3 is 9.64 Å². The molecule has 4 heterocycles. The van der Waals surface area contributed by atoms with Gasteiger partial charge in [-0.3, -0.25) is 18.9 Å². The van der Waals surface area contributed by atoms with Crippen LogP contribution in [0.5, 0.6) is 0 Å². The molecular formula is C24H30N4O3S2. The summed E-state index contributed by atoms with van der Waals surface area (Å²) >= 11 is 6.77. The third-order valence-electron chi connectivity index (χ3n) is 6.01. The summed E-state index contributed by atoms with van der Waals surface area (Å²) in [5.74, 6) is 0.476. The maximum atomic E-state index is 13.5. The summed E-state index contributed by atoms with van der Waals surface area (Å²) in [5, 5.41) is 0. The first-order valence-electron chi connectivity index (χ1n) is 11.6. The number of thioether (sulfide) groups is 1. The lowest BCUT2D eigenvalue weighted by atomic mass is 10.1. The van der Waals surface area contributed by atoms with Crippen LogP contribution < -0.4 is 10.5 Å². The van der Waals surface area contributed by atoms with Crippen molar-refractivity contribution in [2.75, 3.05) is 37.7 Å². The van der Waals surface area contributed by atoms with Crippen molar-refractivity contribution < 1.29 is 9.53 Å². The van der Waals surface area contributed by atoms with E-state index in [4.69, 9.17) is 21.9 Å². The van der Waals surface area contributed by atoms with Gasteiger partial charge in [-0.2, -0.15) is 0 Å². The zero-order chi connectivity index (χ0) is 23.4. The number of ether oxygens (including phenoxy) is 1. The number of carbonyl (C=O) groups excluding carboxylic acids is 1. The maximum Gasteiger partial charge on any atom is 0.267 e. The van der Waals surface area contributed by atoms with Crippen LogP contribution in [0.25, 0.3) is 11.7 Å². The Bertz CT molecular complexity index is 1140. The number of amides is 1. The Labute approximate surface area is 203 Å². The molecule has 0 saturated carbocycles. The minimum absolute atomic E-state index is 0.123. The van der Waals surface area contributed by atoms with Crippen molar-refractivity contribution in [1.82, 2.24) is 14.3 Å². The van der Waals surface area contributed by atoms with Gasteiger partial charge in [0, 0.05) is 25.8 Å². The molecule has 2 saturated heterocycles. The molecule has 1 amide bonds. The van der Waals surface area contributed by atoms with Gasteiger partial charge in [0.25, 0.3) is 11.5 Å². The molecule has 2 aromatic heterocycles. The van der Waals surface area contributed by atoms with Crippen LogP contribution in [0.2, 0.25) is 0 Å². The first-order valence-corrected chi connectivity index (χ1v) is 12.8. The summed E-state index contributed by atoms with van der Waals surface area (Å²) in [4.78, 5) is 35.8. The first kappa shape index (κ1) is 23.9. The van der Waals surface area contributed by atoms with Crippen molar-refractivity contribution in [2.24, 2.45) is 0 Å². The van der Waals surface area contributed by atoms with Gasteiger partial charge in [-0.15, -0.1) is 0 Å². The molecule has 33 heavy (non-hydrogen) atoms. The maximum absolute atomic E-state index is 13.5. The summed E-state index contributed by atoms with van der Waals surface area (Å²) < 4.78 is 7.60. The lowest BCUT2D eigenvalue weighted by molar-refractivity contribution is -0.122. The van der Waals surface area contributed by atoms with Crippen molar-refractivity contribution in [3.05, 3.63) is 44.7 Å². The number of aromatic nitrogens is 2. The van der Waals surface area contributed by atoms with Crippen LogP contribution in [-0.4, -0.2) is 57.4 Å². The predicted octanol–water partition coefficient (Wildman–Crippen LogP) is 4.01. The van der Waals surface area contributed by atoms with E-state index in [0.29, 0.717) is 59.1 Å². The number of morpholine rings is 1. The molecule has 2 aliphatic heterocycles. The third-order valence-corrected chi connectivity index (χ3v) is 7.39. The zero-order valence-electron chi connectivity index (χ0n) is 19.2. The quantitative estimate of drug-likeness (QED) is 0.317. The number of fused-ring (bicyclic) bond motifs is 1. The first-order chi connectivity index (χ1) is 16.0. The number of unbranched alkanes of at least 4 members (excludes halogenated alkanes) is 4. The molecule has 2 aromatic rings. The highest BCUT2D eigenvalue weighted by atomic mass is 32.2. The normalized spacial score (nSPS) is 18.2. The van der Waals surface area contributed by atoms with Crippen LogP contribution in [0.4, 0.5) is 5.82 Å². The van der Waals surface area contributed by atoms with Crippen molar-refractivity contribution in [1.29, 1.82) is 0 Å². The van der Waals surface area contributed by atoms with Crippen molar-refractivity contribution in [3.63, 3.8) is 0 Å². The fourth-order valence-electron chi connectivity index (χ4n) is 4.14. The fraction of sp³-hybridized carbons (Fsp3) is 0.500. The van der Waals surface area contributed by atoms with Gasteiger partial charge in [0.15, 0.2) is 0 Å². The Hall–Kier alpha value is -2.23. The molecule has 0 bridgehead atoms. The van der Waals surface area contributed by atoms with E-state index in [1.165, 1.54) is 31.0 Å². The molecule has 176 valence electrons. The van der Waals surface area contributed by atoms with E-state index in [2.05, 4.69) is 11.8 Å². The molecule has 0 atom stereocenters. The monoisotopic (exact) mass is 486 g/mol. The predicted molar refractivity (Wildman–Crippen MR) is 138 cm³/mol. The number of aryl methyl sites for hydroxylation is 1. The second-order valence-electron chi connectivity index (χ2n) is 8.39. The molecule has 2 fully saturated rings. The minimum atomic E-state index is -0.185. The van der Waals surface area contributed by atoms with Crippen LogP contribution >= 0.6 is 24.0 Å². The standard InChI is InChI=1S/C24H30N4O3S2/c1-3-4-5-6-7-10-28-23(30)19(33-24(28)32)16-18-21(26-12-14-31-15-13-26)25-20-17(2)9-8-11-27(20)22(18)29/h8-9,11,16H,3-7,10,12-15H2,1-2H3/b19-16+. The van der Waals surface area contributed by atoms with Crippen LogP contribution in [0, 0.1) is 6.92 Å². The molecule has 0 aromatic carbocycles. The number of thiocarbonyl (C=S) groups is 1. The molecule has 9 heteroatoms. The highest BCUT2D eigenvalue weighted by molar-refractivity contribution is 8.26. The van der Waals surface area contributed by atoms with Gasteiger partial charge >= 0.3 is 0 Å². The number of hydrogen-bond donors (Lipinski definition) is 0. The molecule has 0 aliphatic carbocycles. The molecular weight excluding hydrogens is 456 g/mol. The molecule has 0 N–H and O–H groups in total.